The molecular weight excluding hydrogens is 380 g/mol. The summed E-state index contributed by atoms with van der Waals surface area (Å²) in [7, 11) is 0. The van der Waals surface area contributed by atoms with Crippen LogP contribution >= 0.6 is 0 Å². The van der Waals surface area contributed by atoms with E-state index >= 15 is 0 Å². The summed E-state index contributed by atoms with van der Waals surface area (Å²) in [6.45, 7) is 14.7. The molecule has 0 aromatic rings. The summed E-state index contributed by atoms with van der Waals surface area (Å²) in [5.74, 6) is 5.34. The van der Waals surface area contributed by atoms with Crippen molar-refractivity contribution in [3.63, 3.8) is 0 Å². The van der Waals surface area contributed by atoms with Crippen molar-refractivity contribution in [3.05, 3.63) is 12.2 Å². The van der Waals surface area contributed by atoms with Gasteiger partial charge in [-0.3, -0.25) is 0 Å². The molecule has 2 N–H and O–H groups in total. The molecule has 4 aliphatic carbocycles. The Bertz CT molecular complexity index is 670. The molecule has 3 fully saturated rings. The second kappa shape index (κ2) is 8.46. The molecule has 3 saturated carbocycles. The summed E-state index contributed by atoms with van der Waals surface area (Å²) in [5, 5.41) is 21.8. The van der Waals surface area contributed by atoms with E-state index in [0.29, 0.717) is 23.7 Å². The minimum absolute atomic E-state index is 0.0672. The summed E-state index contributed by atoms with van der Waals surface area (Å²) in [5.41, 5.74) is -0.413. The minimum atomic E-state index is -0.809. The first-order valence-electron chi connectivity index (χ1n) is 13.7. The predicted octanol–water partition coefficient (Wildman–Crippen LogP) is 7.00. The van der Waals surface area contributed by atoms with Crippen LogP contribution in [0.15, 0.2) is 12.2 Å². The molecule has 178 valence electrons. The summed E-state index contributed by atoms with van der Waals surface area (Å²) in [4.78, 5) is 0. The first kappa shape index (κ1) is 23.8. The van der Waals surface area contributed by atoms with Gasteiger partial charge in [-0.2, -0.15) is 0 Å². The van der Waals surface area contributed by atoms with Gasteiger partial charge in [0.2, 0.25) is 0 Å². The van der Waals surface area contributed by atoms with Crippen LogP contribution in [0.5, 0.6) is 0 Å². The van der Waals surface area contributed by atoms with Gasteiger partial charge in [-0.15, -0.1) is 0 Å². The Balaban J connectivity index is 1.51. The molecule has 0 aromatic heterocycles. The molecule has 0 heterocycles. The van der Waals surface area contributed by atoms with Gasteiger partial charge < -0.3 is 10.2 Å². The molecule has 0 radical (unpaired) electrons. The Morgan fingerprint density at radius 2 is 1.71 bits per heavy atom. The van der Waals surface area contributed by atoms with E-state index in [1.54, 1.807) is 0 Å². The summed E-state index contributed by atoms with van der Waals surface area (Å²) in [6, 6.07) is 0. The van der Waals surface area contributed by atoms with Crippen molar-refractivity contribution in [2.45, 2.75) is 117 Å². The van der Waals surface area contributed by atoms with Gasteiger partial charge in [0.1, 0.15) is 0 Å². The lowest BCUT2D eigenvalue weighted by Gasteiger charge is -2.61. The lowest BCUT2D eigenvalue weighted by Crippen LogP contribution is -2.60. The van der Waals surface area contributed by atoms with Gasteiger partial charge in [0.05, 0.1) is 11.7 Å². The Labute approximate surface area is 192 Å². The molecule has 10 atom stereocenters. The van der Waals surface area contributed by atoms with Crippen molar-refractivity contribution in [3.8, 4) is 0 Å². The third-order valence-corrected chi connectivity index (χ3v) is 11.5. The van der Waals surface area contributed by atoms with Crippen molar-refractivity contribution in [1.82, 2.24) is 0 Å². The number of hydrogen-bond donors (Lipinski definition) is 2. The van der Waals surface area contributed by atoms with Crippen molar-refractivity contribution in [2.24, 2.45) is 52.3 Å². The number of rotatable bonds is 6. The Kier molecular flexibility index (Phi) is 6.50. The standard InChI is InChI=1S/C29H50O2/c1-7-21(19(2)3)9-8-20(4)24-10-11-25-23-13-17-29(31)18-22(30)12-16-28(29,6)26(23)14-15-27(24,25)5/h13,17,19-26,30-31H,7-12,14-16,18H2,1-6H3/t20-,21-,22?,23+,24-,25+,26+,27-,28-,29?/m1/s1. The summed E-state index contributed by atoms with van der Waals surface area (Å²) < 4.78 is 0. The molecule has 0 saturated heterocycles. The molecule has 2 heteroatoms. The fraction of sp³-hybridized carbons (Fsp3) is 0.931. The van der Waals surface area contributed by atoms with Crippen LogP contribution in [0.2, 0.25) is 0 Å². The van der Waals surface area contributed by atoms with Crippen molar-refractivity contribution in [2.75, 3.05) is 0 Å². The first-order valence-corrected chi connectivity index (χ1v) is 13.7. The number of fused-ring (bicyclic) bond motifs is 5. The lowest BCUT2D eigenvalue weighted by atomic mass is 9.45. The van der Waals surface area contributed by atoms with Gasteiger partial charge in [-0.1, -0.05) is 66.5 Å². The Morgan fingerprint density at radius 3 is 2.39 bits per heavy atom. The van der Waals surface area contributed by atoms with E-state index in [2.05, 4.69) is 53.7 Å². The zero-order chi connectivity index (χ0) is 22.6. The highest BCUT2D eigenvalue weighted by Gasteiger charge is 2.63. The first-order chi connectivity index (χ1) is 14.6. The highest BCUT2D eigenvalue weighted by molar-refractivity contribution is 5.24. The van der Waals surface area contributed by atoms with E-state index in [4.69, 9.17) is 0 Å². The van der Waals surface area contributed by atoms with Crippen molar-refractivity contribution >= 4 is 0 Å². The second-order valence-corrected chi connectivity index (χ2v) is 13.1. The molecule has 0 spiro atoms. The van der Waals surface area contributed by atoms with Crippen LogP contribution in [0.3, 0.4) is 0 Å². The quantitative estimate of drug-likeness (QED) is 0.446. The molecule has 2 unspecified atom stereocenters. The van der Waals surface area contributed by atoms with Gasteiger partial charge in [0, 0.05) is 11.8 Å². The third kappa shape index (κ3) is 3.76. The molecule has 0 aromatic carbocycles. The van der Waals surface area contributed by atoms with E-state index in [0.717, 1.165) is 42.4 Å². The van der Waals surface area contributed by atoms with E-state index in [1.807, 2.05) is 0 Å². The minimum Gasteiger partial charge on any atom is -0.393 e. The van der Waals surface area contributed by atoms with Crippen LogP contribution in [0.4, 0.5) is 0 Å². The zero-order valence-corrected chi connectivity index (χ0v) is 21.2. The van der Waals surface area contributed by atoms with Crippen LogP contribution in [0.1, 0.15) is 106 Å². The van der Waals surface area contributed by atoms with E-state index in [-0.39, 0.29) is 11.5 Å². The van der Waals surface area contributed by atoms with Crippen LogP contribution in [0, 0.1) is 52.3 Å². The molecule has 0 amide bonds. The average molecular weight is 431 g/mol. The van der Waals surface area contributed by atoms with Crippen LogP contribution in [-0.2, 0) is 0 Å². The van der Waals surface area contributed by atoms with Crippen LogP contribution < -0.4 is 0 Å². The molecule has 0 aliphatic heterocycles. The Hall–Kier alpha value is -0.340. The number of hydrogen-bond acceptors (Lipinski definition) is 2. The molecule has 0 bridgehead atoms. The average Bonchev–Trinajstić information content (AvgIpc) is 3.06. The van der Waals surface area contributed by atoms with Gasteiger partial charge in [0.25, 0.3) is 0 Å². The fourth-order valence-corrected chi connectivity index (χ4v) is 9.28. The van der Waals surface area contributed by atoms with Gasteiger partial charge in [-0.25, -0.2) is 0 Å². The number of allylic oxidation sites excluding steroid dienone is 1. The Morgan fingerprint density at radius 1 is 0.968 bits per heavy atom. The topological polar surface area (TPSA) is 40.5 Å². The zero-order valence-electron chi connectivity index (χ0n) is 21.2. The number of aliphatic hydroxyl groups is 2. The van der Waals surface area contributed by atoms with E-state index in [9.17, 15) is 10.2 Å². The fourth-order valence-electron chi connectivity index (χ4n) is 9.28. The molecule has 4 aliphatic rings. The van der Waals surface area contributed by atoms with Gasteiger partial charge >= 0.3 is 0 Å². The van der Waals surface area contributed by atoms with Crippen LogP contribution in [-0.4, -0.2) is 21.9 Å². The van der Waals surface area contributed by atoms with Gasteiger partial charge in [-0.05, 0) is 91.8 Å². The van der Waals surface area contributed by atoms with Crippen molar-refractivity contribution < 1.29 is 10.2 Å². The molecule has 31 heavy (non-hydrogen) atoms. The monoisotopic (exact) mass is 430 g/mol. The summed E-state index contributed by atoms with van der Waals surface area (Å²) >= 11 is 0. The maximum Gasteiger partial charge on any atom is 0.0908 e. The van der Waals surface area contributed by atoms with Crippen LogP contribution in [0.25, 0.3) is 0 Å². The summed E-state index contributed by atoms with van der Waals surface area (Å²) in [6.07, 6.45) is 16.0. The van der Waals surface area contributed by atoms with E-state index in [1.165, 1.54) is 44.9 Å². The van der Waals surface area contributed by atoms with Crippen molar-refractivity contribution in [1.29, 1.82) is 0 Å². The second-order valence-electron chi connectivity index (χ2n) is 13.1. The highest BCUT2D eigenvalue weighted by Crippen LogP contribution is 2.67. The largest absolute Gasteiger partial charge is 0.393 e. The normalized spacial score (nSPS) is 48.7. The number of aliphatic hydroxyl groups excluding tert-OH is 1. The van der Waals surface area contributed by atoms with E-state index < -0.39 is 5.60 Å². The van der Waals surface area contributed by atoms with Gasteiger partial charge in [0.15, 0.2) is 0 Å². The maximum atomic E-state index is 11.5. The predicted molar refractivity (Wildman–Crippen MR) is 130 cm³/mol. The molecular formula is C29H50O2. The third-order valence-electron chi connectivity index (χ3n) is 11.5. The molecule has 4 rings (SSSR count). The maximum absolute atomic E-state index is 11.5. The molecule has 2 nitrogen and oxygen atoms in total. The lowest BCUT2D eigenvalue weighted by molar-refractivity contribution is -0.167. The smallest absolute Gasteiger partial charge is 0.0908 e. The highest BCUT2D eigenvalue weighted by atomic mass is 16.3. The SMILES string of the molecule is CC[C@H](CC[C@@H](C)[C@H]1CC[C@H]2[C@@H]3C=CC4(O)CC(O)CC[C@]4(C)[C@H]3CC[C@]12C)C(C)C.